The van der Waals surface area contributed by atoms with Crippen molar-refractivity contribution in [2.24, 2.45) is 0 Å². The predicted molar refractivity (Wildman–Crippen MR) is 69.3 cm³/mol. The number of halogens is 1. The first-order chi connectivity index (χ1) is 9.03. The van der Waals surface area contributed by atoms with E-state index in [0.29, 0.717) is 11.6 Å². The molecule has 0 spiro atoms. The van der Waals surface area contributed by atoms with Gasteiger partial charge in [0.2, 0.25) is 10.0 Å². The monoisotopic (exact) mass is 302 g/mol. The summed E-state index contributed by atoms with van der Waals surface area (Å²) in [5.41, 5.74) is 0. The lowest BCUT2D eigenvalue weighted by Crippen LogP contribution is -2.23. The van der Waals surface area contributed by atoms with Crippen LogP contribution < -0.4 is 10.0 Å². The van der Waals surface area contributed by atoms with Gasteiger partial charge < -0.3 is 9.84 Å². The number of anilines is 1. The van der Waals surface area contributed by atoms with Crippen LogP contribution in [-0.4, -0.2) is 25.6 Å². The Bertz CT molecular complexity index is 657. The van der Waals surface area contributed by atoms with Gasteiger partial charge in [-0.1, -0.05) is 16.8 Å². The van der Waals surface area contributed by atoms with Crippen LogP contribution in [0.15, 0.2) is 33.9 Å². The van der Waals surface area contributed by atoms with E-state index >= 15 is 0 Å². The highest BCUT2D eigenvalue weighted by Crippen LogP contribution is 2.21. The number of rotatable bonds is 5. The molecule has 0 radical (unpaired) electrons. The lowest BCUT2D eigenvalue weighted by molar-refractivity contribution is 0.380. The summed E-state index contributed by atoms with van der Waals surface area (Å²) in [6.45, 7) is 0.00767. The molecule has 0 saturated heterocycles. The van der Waals surface area contributed by atoms with Crippen LogP contribution in [0.25, 0.3) is 0 Å². The molecule has 0 amide bonds. The van der Waals surface area contributed by atoms with Crippen LogP contribution in [0.5, 0.6) is 0 Å². The molecule has 2 N–H and O–H groups in total. The van der Waals surface area contributed by atoms with Crippen molar-refractivity contribution in [2.45, 2.75) is 11.4 Å². The second kappa shape index (κ2) is 5.55. The Morgan fingerprint density at radius 1 is 1.47 bits per heavy atom. The van der Waals surface area contributed by atoms with Crippen molar-refractivity contribution in [2.75, 3.05) is 12.4 Å². The molecule has 2 heterocycles. The molecule has 2 rings (SSSR count). The smallest absolute Gasteiger partial charge is 0.242 e. The zero-order chi connectivity index (χ0) is 13.9. The lowest BCUT2D eigenvalue weighted by atomic mass is 10.4. The minimum absolute atomic E-state index is 0.00767. The first kappa shape index (κ1) is 13.8. The molecule has 19 heavy (non-hydrogen) atoms. The maximum Gasteiger partial charge on any atom is 0.242 e. The van der Waals surface area contributed by atoms with Crippen molar-refractivity contribution in [1.82, 2.24) is 14.9 Å². The van der Waals surface area contributed by atoms with E-state index in [0.717, 1.165) is 0 Å². The molecular weight excluding hydrogens is 292 g/mol. The van der Waals surface area contributed by atoms with E-state index in [-0.39, 0.29) is 16.5 Å². The molecule has 9 heteroatoms. The van der Waals surface area contributed by atoms with E-state index in [9.17, 15) is 8.42 Å². The number of nitrogens with one attached hydrogen (secondary N) is 2. The van der Waals surface area contributed by atoms with E-state index < -0.39 is 10.0 Å². The molecular formula is C10H11ClN4O3S. The van der Waals surface area contributed by atoms with Crippen molar-refractivity contribution >= 4 is 27.4 Å². The molecule has 0 fully saturated rings. The van der Waals surface area contributed by atoms with Gasteiger partial charge in [0.15, 0.2) is 5.76 Å². The van der Waals surface area contributed by atoms with Crippen LogP contribution in [0, 0.1) is 0 Å². The number of hydrogen-bond acceptors (Lipinski definition) is 6. The molecule has 102 valence electrons. The van der Waals surface area contributed by atoms with E-state index in [2.05, 4.69) is 20.2 Å². The fraction of sp³-hybridized carbons (Fsp3) is 0.200. The Morgan fingerprint density at radius 2 is 2.26 bits per heavy atom. The number of pyridine rings is 1. The summed E-state index contributed by atoms with van der Waals surface area (Å²) < 4.78 is 31.1. The molecule has 0 saturated carbocycles. The van der Waals surface area contributed by atoms with Crippen molar-refractivity contribution in [1.29, 1.82) is 0 Å². The molecule has 2 aromatic rings. The van der Waals surface area contributed by atoms with E-state index in [1.165, 1.54) is 18.5 Å². The third-order valence-electron chi connectivity index (χ3n) is 2.29. The SMILES string of the molecule is CNc1ncc(S(=O)(=O)NCc2ccno2)cc1Cl. The summed E-state index contributed by atoms with van der Waals surface area (Å²) in [5.74, 6) is 0.824. The number of nitrogens with zero attached hydrogens (tertiary/aromatic N) is 2. The average molecular weight is 303 g/mol. The first-order valence-corrected chi connectivity index (χ1v) is 7.11. The van der Waals surface area contributed by atoms with Gasteiger partial charge in [0.1, 0.15) is 10.7 Å². The highest BCUT2D eigenvalue weighted by Gasteiger charge is 2.16. The highest BCUT2D eigenvalue weighted by molar-refractivity contribution is 7.89. The third-order valence-corrected chi connectivity index (χ3v) is 3.95. The number of hydrogen-bond donors (Lipinski definition) is 2. The van der Waals surface area contributed by atoms with Gasteiger partial charge in [-0.25, -0.2) is 18.1 Å². The van der Waals surface area contributed by atoms with Crippen LogP contribution in [0.4, 0.5) is 5.82 Å². The predicted octanol–water partition coefficient (Wildman–Crippen LogP) is 1.24. The molecule has 2 aromatic heterocycles. The second-order valence-corrected chi connectivity index (χ2v) is 5.73. The van der Waals surface area contributed by atoms with Gasteiger partial charge >= 0.3 is 0 Å². The molecule has 0 aliphatic carbocycles. The van der Waals surface area contributed by atoms with Crippen LogP contribution in [0.2, 0.25) is 5.02 Å². The fourth-order valence-corrected chi connectivity index (χ4v) is 2.62. The van der Waals surface area contributed by atoms with Gasteiger partial charge in [-0.05, 0) is 6.07 Å². The molecule has 0 aliphatic heterocycles. The Balaban J connectivity index is 2.17. The summed E-state index contributed by atoms with van der Waals surface area (Å²) >= 11 is 5.89. The maximum atomic E-state index is 12.0. The molecule has 0 aromatic carbocycles. The van der Waals surface area contributed by atoms with Gasteiger partial charge in [0.25, 0.3) is 0 Å². The van der Waals surface area contributed by atoms with Crippen LogP contribution in [0.3, 0.4) is 0 Å². The summed E-state index contributed by atoms with van der Waals surface area (Å²) in [6, 6.07) is 2.89. The standard InChI is InChI=1S/C10H11ClN4O3S/c1-12-10-9(11)4-8(6-13-10)19(16,17)15-5-7-2-3-14-18-7/h2-4,6,15H,5H2,1H3,(H,12,13). The normalized spacial score (nSPS) is 11.5. The van der Waals surface area contributed by atoms with Crippen molar-refractivity contribution in [3.05, 3.63) is 35.3 Å². The molecule has 7 nitrogen and oxygen atoms in total. The van der Waals surface area contributed by atoms with E-state index in [4.69, 9.17) is 16.1 Å². The highest BCUT2D eigenvalue weighted by atomic mass is 35.5. The van der Waals surface area contributed by atoms with Crippen molar-refractivity contribution in [3.63, 3.8) is 0 Å². The minimum atomic E-state index is -3.70. The molecule has 0 atom stereocenters. The van der Waals surface area contributed by atoms with Gasteiger partial charge in [0.05, 0.1) is 17.8 Å². The Labute approximate surface area is 115 Å². The summed E-state index contributed by atoms with van der Waals surface area (Å²) in [6.07, 6.45) is 2.66. The third kappa shape index (κ3) is 3.22. The zero-order valence-electron chi connectivity index (χ0n) is 9.92. The topological polar surface area (TPSA) is 97.1 Å². The fourth-order valence-electron chi connectivity index (χ4n) is 1.33. The molecule has 0 unspecified atom stereocenters. The lowest BCUT2D eigenvalue weighted by Gasteiger charge is -2.07. The van der Waals surface area contributed by atoms with Gasteiger partial charge in [-0.2, -0.15) is 0 Å². The van der Waals surface area contributed by atoms with E-state index in [1.54, 1.807) is 13.1 Å². The van der Waals surface area contributed by atoms with Crippen LogP contribution >= 0.6 is 11.6 Å². The zero-order valence-corrected chi connectivity index (χ0v) is 11.5. The number of sulfonamides is 1. The van der Waals surface area contributed by atoms with E-state index in [1.807, 2.05) is 0 Å². The summed E-state index contributed by atoms with van der Waals surface area (Å²) in [5, 5.41) is 6.45. The second-order valence-electron chi connectivity index (χ2n) is 3.55. The largest absolute Gasteiger partial charge is 0.372 e. The minimum Gasteiger partial charge on any atom is -0.372 e. The van der Waals surface area contributed by atoms with Crippen LogP contribution in [0.1, 0.15) is 5.76 Å². The first-order valence-electron chi connectivity index (χ1n) is 5.25. The maximum absolute atomic E-state index is 12.0. The Morgan fingerprint density at radius 3 is 2.84 bits per heavy atom. The summed E-state index contributed by atoms with van der Waals surface area (Å²) in [4.78, 5) is 3.89. The average Bonchev–Trinajstić information content (AvgIpc) is 2.89. The quantitative estimate of drug-likeness (QED) is 0.862. The Kier molecular flexibility index (Phi) is 4.03. The van der Waals surface area contributed by atoms with Crippen molar-refractivity contribution < 1.29 is 12.9 Å². The number of aromatic nitrogens is 2. The van der Waals surface area contributed by atoms with Gasteiger partial charge in [-0.15, -0.1) is 0 Å². The molecule has 0 aliphatic rings. The summed E-state index contributed by atoms with van der Waals surface area (Å²) in [7, 11) is -2.05. The van der Waals surface area contributed by atoms with Gasteiger partial charge in [0, 0.05) is 19.3 Å². The van der Waals surface area contributed by atoms with Gasteiger partial charge in [-0.3, -0.25) is 0 Å². The van der Waals surface area contributed by atoms with Crippen molar-refractivity contribution in [3.8, 4) is 0 Å². The molecule has 0 bridgehead atoms. The Hall–Kier alpha value is -1.64. The van der Waals surface area contributed by atoms with Crippen LogP contribution in [-0.2, 0) is 16.6 Å².